The molecule has 0 fully saturated rings. The van der Waals surface area contributed by atoms with Crippen molar-refractivity contribution in [3.05, 3.63) is 24.4 Å². The fourth-order valence-corrected chi connectivity index (χ4v) is 1.38. The lowest BCUT2D eigenvalue weighted by Gasteiger charge is -2.19. The van der Waals surface area contributed by atoms with Crippen LogP contribution >= 0.6 is 35.6 Å². The minimum Gasteiger partial charge on any atom is -0.361 e. The van der Waals surface area contributed by atoms with Gasteiger partial charge < -0.3 is 9.80 Å². The van der Waals surface area contributed by atoms with Crippen molar-refractivity contribution < 1.29 is 0 Å². The second-order valence-corrected chi connectivity index (χ2v) is 3.83. The highest BCUT2D eigenvalue weighted by Crippen LogP contribution is 2.07. The maximum absolute atomic E-state index is 5.75. The third-order valence-corrected chi connectivity index (χ3v) is 2.89. The summed E-state index contributed by atoms with van der Waals surface area (Å²) in [5.41, 5.74) is 0.0417. The topological polar surface area (TPSA) is 6.48 Å². The molecule has 16 heavy (non-hydrogen) atoms. The fraction of sp³-hybridized carbons (Fsp3) is 0.667. The first-order chi connectivity index (χ1) is 7.15. The Bertz CT molecular complexity index is 182. The van der Waals surface area contributed by atoms with Gasteiger partial charge in [-0.2, -0.15) is 0 Å². The smallest absolute Gasteiger partial charge is 0.122 e. The molecule has 1 aliphatic rings. The Kier molecular flexibility index (Phi) is 13.7. The molecule has 0 aliphatic carbocycles. The standard InChI is InChI=1S/C6H8ClN.C6H15N.HI/c1-8-5-3-2-4-6(8)7;1-4-7(5-2)6-3;/h2-6H,1H3;4-6H2,1-3H3;1H. The van der Waals surface area contributed by atoms with Crippen molar-refractivity contribution in [2.45, 2.75) is 26.3 Å². The predicted octanol–water partition coefficient (Wildman–Crippen LogP) is 3.53. The number of hydrogen-bond acceptors (Lipinski definition) is 2. The summed E-state index contributed by atoms with van der Waals surface area (Å²) < 4.78 is 0. The van der Waals surface area contributed by atoms with Crippen molar-refractivity contribution in [2.75, 3.05) is 26.7 Å². The van der Waals surface area contributed by atoms with Gasteiger partial charge in [-0.25, -0.2) is 0 Å². The molecule has 1 rings (SSSR count). The van der Waals surface area contributed by atoms with Gasteiger partial charge in [-0.05, 0) is 31.8 Å². The molecule has 0 aromatic heterocycles. The van der Waals surface area contributed by atoms with Crippen molar-refractivity contribution in [3.8, 4) is 0 Å². The van der Waals surface area contributed by atoms with Crippen LogP contribution in [0.25, 0.3) is 0 Å². The lowest BCUT2D eigenvalue weighted by Crippen LogP contribution is -2.21. The van der Waals surface area contributed by atoms with E-state index in [1.165, 1.54) is 19.6 Å². The van der Waals surface area contributed by atoms with Crippen molar-refractivity contribution in [1.29, 1.82) is 0 Å². The Morgan fingerprint density at radius 2 is 1.62 bits per heavy atom. The van der Waals surface area contributed by atoms with E-state index in [4.69, 9.17) is 11.6 Å². The molecule has 0 radical (unpaired) electrons. The van der Waals surface area contributed by atoms with E-state index in [2.05, 4.69) is 25.7 Å². The van der Waals surface area contributed by atoms with Crippen molar-refractivity contribution in [1.82, 2.24) is 9.80 Å². The van der Waals surface area contributed by atoms with Gasteiger partial charge >= 0.3 is 0 Å². The molecule has 4 heteroatoms. The summed E-state index contributed by atoms with van der Waals surface area (Å²) in [6.45, 7) is 10.1. The zero-order valence-corrected chi connectivity index (χ0v) is 13.8. The summed E-state index contributed by atoms with van der Waals surface area (Å²) in [5, 5.41) is 0. The van der Waals surface area contributed by atoms with Gasteiger partial charge in [0.25, 0.3) is 0 Å². The molecule has 0 bridgehead atoms. The molecular weight excluding hydrogens is 335 g/mol. The van der Waals surface area contributed by atoms with E-state index in [9.17, 15) is 0 Å². The lowest BCUT2D eigenvalue weighted by atomic mass is 10.4. The molecule has 1 unspecified atom stereocenters. The second kappa shape index (κ2) is 11.7. The lowest BCUT2D eigenvalue weighted by molar-refractivity contribution is 0.321. The maximum atomic E-state index is 5.75. The van der Waals surface area contributed by atoms with Gasteiger partial charge in [0, 0.05) is 13.2 Å². The Morgan fingerprint density at radius 1 is 1.12 bits per heavy atom. The van der Waals surface area contributed by atoms with Gasteiger partial charge in [-0.15, -0.1) is 24.0 Å². The Morgan fingerprint density at radius 3 is 1.81 bits per heavy atom. The molecule has 0 amide bonds. The summed E-state index contributed by atoms with van der Waals surface area (Å²) in [5.74, 6) is 0. The Labute approximate surface area is 122 Å². The second-order valence-electron chi connectivity index (χ2n) is 3.38. The Hall–Kier alpha value is 0.260. The van der Waals surface area contributed by atoms with Crippen molar-refractivity contribution >= 4 is 35.6 Å². The monoisotopic (exact) mass is 358 g/mol. The molecule has 0 saturated carbocycles. The SMILES string of the molecule is CCN(CC)CC.CN1C=CC=CC1Cl.I. The summed E-state index contributed by atoms with van der Waals surface area (Å²) in [4.78, 5) is 4.31. The van der Waals surface area contributed by atoms with Gasteiger partial charge in [0.05, 0.1) is 0 Å². The highest BCUT2D eigenvalue weighted by atomic mass is 127. The molecule has 0 N–H and O–H groups in total. The number of alkyl halides is 1. The maximum Gasteiger partial charge on any atom is 0.122 e. The number of allylic oxidation sites excluding steroid dienone is 2. The summed E-state index contributed by atoms with van der Waals surface area (Å²) in [7, 11) is 1.94. The van der Waals surface area contributed by atoms with Gasteiger partial charge in [0.2, 0.25) is 0 Å². The number of rotatable bonds is 3. The van der Waals surface area contributed by atoms with E-state index in [-0.39, 0.29) is 29.5 Å². The van der Waals surface area contributed by atoms with E-state index in [0.29, 0.717) is 0 Å². The Balaban J connectivity index is 0. The van der Waals surface area contributed by atoms with Crippen molar-refractivity contribution in [3.63, 3.8) is 0 Å². The predicted molar refractivity (Wildman–Crippen MR) is 84.6 cm³/mol. The van der Waals surface area contributed by atoms with Crippen LogP contribution in [-0.2, 0) is 0 Å². The van der Waals surface area contributed by atoms with Crippen LogP contribution < -0.4 is 0 Å². The molecule has 1 atom stereocenters. The zero-order chi connectivity index (χ0) is 11.7. The molecule has 0 spiro atoms. The first-order valence-corrected chi connectivity index (χ1v) is 6.02. The summed E-state index contributed by atoms with van der Waals surface area (Å²) >= 11 is 5.75. The minimum atomic E-state index is 0. The van der Waals surface area contributed by atoms with Crippen LogP contribution in [-0.4, -0.2) is 42.0 Å². The van der Waals surface area contributed by atoms with Crippen LogP contribution in [0.4, 0.5) is 0 Å². The van der Waals surface area contributed by atoms with Crippen molar-refractivity contribution in [2.24, 2.45) is 0 Å². The average molecular weight is 359 g/mol. The molecule has 2 nitrogen and oxygen atoms in total. The van der Waals surface area contributed by atoms with Crippen LogP contribution in [0.1, 0.15) is 20.8 Å². The average Bonchev–Trinajstić information content (AvgIpc) is 2.26. The van der Waals surface area contributed by atoms with Crippen LogP contribution in [0.15, 0.2) is 24.4 Å². The highest BCUT2D eigenvalue weighted by Gasteiger charge is 2.03. The molecule has 0 aromatic carbocycles. The summed E-state index contributed by atoms with van der Waals surface area (Å²) in [6, 6.07) is 0. The highest BCUT2D eigenvalue weighted by molar-refractivity contribution is 14.0. The van der Waals surface area contributed by atoms with E-state index in [1.54, 1.807) is 0 Å². The van der Waals surface area contributed by atoms with E-state index < -0.39 is 0 Å². The minimum absolute atomic E-state index is 0. The van der Waals surface area contributed by atoms with Crippen LogP contribution in [0.2, 0.25) is 0 Å². The molecule has 0 aromatic rings. The molecular formula is C12H24ClIN2. The quantitative estimate of drug-likeness (QED) is 0.432. The molecule has 1 heterocycles. The number of hydrogen-bond donors (Lipinski definition) is 0. The third kappa shape index (κ3) is 8.42. The van der Waals surface area contributed by atoms with Gasteiger partial charge in [-0.1, -0.05) is 38.4 Å². The fourth-order valence-electron chi connectivity index (χ4n) is 1.23. The number of likely N-dealkylation sites (N-methyl/N-ethyl adjacent to an activating group) is 1. The van der Waals surface area contributed by atoms with E-state index in [1.807, 2.05) is 36.4 Å². The van der Waals surface area contributed by atoms with E-state index in [0.717, 1.165) is 0 Å². The van der Waals surface area contributed by atoms with Crippen LogP contribution in [0.5, 0.6) is 0 Å². The van der Waals surface area contributed by atoms with Gasteiger partial charge in [-0.3, -0.25) is 0 Å². The number of nitrogens with zero attached hydrogens (tertiary/aromatic N) is 2. The summed E-state index contributed by atoms with van der Waals surface area (Å²) in [6.07, 6.45) is 7.77. The zero-order valence-electron chi connectivity index (χ0n) is 10.7. The van der Waals surface area contributed by atoms with E-state index >= 15 is 0 Å². The van der Waals surface area contributed by atoms with Crippen LogP contribution in [0.3, 0.4) is 0 Å². The first-order valence-electron chi connectivity index (χ1n) is 5.59. The van der Waals surface area contributed by atoms with Gasteiger partial charge in [0.15, 0.2) is 0 Å². The number of halogens is 2. The van der Waals surface area contributed by atoms with Gasteiger partial charge in [0.1, 0.15) is 5.50 Å². The first kappa shape index (κ1) is 18.6. The largest absolute Gasteiger partial charge is 0.361 e. The molecule has 0 saturated heterocycles. The molecule has 1 aliphatic heterocycles. The molecule has 96 valence electrons. The van der Waals surface area contributed by atoms with Crippen LogP contribution in [0, 0.1) is 0 Å². The third-order valence-electron chi connectivity index (χ3n) is 2.43. The normalized spacial score (nSPS) is 17.9.